The minimum atomic E-state index is -0.114. The van der Waals surface area contributed by atoms with Gasteiger partial charge in [0.1, 0.15) is 5.75 Å². The molecular formula is C15H23N3O3. The molecule has 0 bridgehead atoms. The molecule has 0 radical (unpaired) electrons. The van der Waals surface area contributed by atoms with Crippen molar-refractivity contribution in [2.24, 2.45) is 0 Å². The number of carbonyl (C=O) groups is 1. The maximum atomic E-state index is 11.7. The number of nitrogens with one attached hydrogen (secondary N) is 1. The molecule has 0 aliphatic carbocycles. The second-order valence-electron chi connectivity index (χ2n) is 5.04. The lowest BCUT2D eigenvalue weighted by molar-refractivity contribution is -0.123. The smallest absolute Gasteiger partial charge is 0.258 e. The monoisotopic (exact) mass is 293 g/mol. The van der Waals surface area contributed by atoms with Crippen LogP contribution in [-0.2, 0) is 4.79 Å². The zero-order chi connectivity index (χ0) is 14.9. The number of para-hydroxylation sites is 1. The van der Waals surface area contributed by atoms with E-state index in [0.29, 0.717) is 12.4 Å². The first-order chi connectivity index (χ1) is 10.3. The Morgan fingerprint density at radius 3 is 2.48 bits per heavy atom. The molecule has 1 aliphatic rings. The molecular weight excluding hydrogens is 270 g/mol. The van der Waals surface area contributed by atoms with Crippen molar-refractivity contribution in [2.45, 2.75) is 0 Å². The van der Waals surface area contributed by atoms with E-state index in [-0.39, 0.29) is 19.1 Å². The number of aliphatic hydroxyl groups excluding tert-OH is 1. The Morgan fingerprint density at radius 2 is 1.81 bits per heavy atom. The summed E-state index contributed by atoms with van der Waals surface area (Å²) in [5.74, 6) is 0.585. The summed E-state index contributed by atoms with van der Waals surface area (Å²) in [7, 11) is 0. The van der Waals surface area contributed by atoms with Gasteiger partial charge in [-0.05, 0) is 12.1 Å². The maximum Gasteiger partial charge on any atom is 0.258 e. The fourth-order valence-corrected chi connectivity index (χ4v) is 2.23. The number of nitrogens with zero attached hydrogens (tertiary/aromatic N) is 2. The van der Waals surface area contributed by atoms with Crippen LogP contribution in [0.4, 0.5) is 0 Å². The van der Waals surface area contributed by atoms with Gasteiger partial charge in [0.25, 0.3) is 5.91 Å². The Morgan fingerprint density at radius 1 is 1.14 bits per heavy atom. The van der Waals surface area contributed by atoms with E-state index >= 15 is 0 Å². The normalized spacial score (nSPS) is 16.6. The molecule has 116 valence electrons. The summed E-state index contributed by atoms with van der Waals surface area (Å²) in [4.78, 5) is 16.1. The molecule has 1 fully saturated rings. The summed E-state index contributed by atoms with van der Waals surface area (Å²) in [5, 5.41) is 11.8. The highest BCUT2D eigenvalue weighted by atomic mass is 16.5. The van der Waals surface area contributed by atoms with Gasteiger partial charge in [-0.2, -0.15) is 0 Å². The summed E-state index contributed by atoms with van der Waals surface area (Å²) in [6.45, 7) is 5.17. The first-order valence-corrected chi connectivity index (χ1v) is 7.28. The highest BCUT2D eigenvalue weighted by molar-refractivity contribution is 5.77. The Bertz CT molecular complexity index is 419. The Labute approximate surface area is 125 Å². The first-order valence-electron chi connectivity index (χ1n) is 7.28. The van der Waals surface area contributed by atoms with Crippen LogP contribution in [0, 0.1) is 0 Å². The van der Waals surface area contributed by atoms with Crippen molar-refractivity contribution in [3.05, 3.63) is 30.3 Å². The van der Waals surface area contributed by atoms with Crippen LogP contribution in [0.5, 0.6) is 5.75 Å². The van der Waals surface area contributed by atoms with E-state index in [1.807, 2.05) is 30.3 Å². The van der Waals surface area contributed by atoms with E-state index in [4.69, 9.17) is 9.84 Å². The third-order valence-corrected chi connectivity index (χ3v) is 3.49. The van der Waals surface area contributed by atoms with E-state index < -0.39 is 0 Å². The molecule has 1 heterocycles. The Hall–Kier alpha value is -1.63. The second-order valence-corrected chi connectivity index (χ2v) is 5.04. The van der Waals surface area contributed by atoms with E-state index in [1.165, 1.54) is 0 Å². The molecule has 21 heavy (non-hydrogen) atoms. The third-order valence-electron chi connectivity index (χ3n) is 3.49. The van der Waals surface area contributed by atoms with Gasteiger partial charge in [-0.15, -0.1) is 0 Å². The van der Waals surface area contributed by atoms with Gasteiger partial charge in [0.15, 0.2) is 6.61 Å². The van der Waals surface area contributed by atoms with Crippen molar-refractivity contribution >= 4 is 5.91 Å². The zero-order valence-electron chi connectivity index (χ0n) is 12.2. The molecule has 1 saturated heterocycles. The van der Waals surface area contributed by atoms with Gasteiger partial charge in [-0.25, -0.2) is 0 Å². The number of benzene rings is 1. The number of carbonyl (C=O) groups excluding carboxylic acids is 1. The first kappa shape index (κ1) is 15.8. The van der Waals surface area contributed by atoms with Crippen molar-refractivity contribution < 1.29 is 14.6 Å². The summed E-state index contributed by atoms with van der Waals surface area (Å²) >= 11 is 0. The van der Waals surface area contributed by atoms with Crippen molar-refractivity contribution in [1.29, 1.82) is 0 Å². The second kappa shape index (κ2) is 8.61. The average molecular weight is 293 g/mol. The molecule has 6 nitrogen and oxygen atoms in total. The highest BCUT2D eigenvalue weighted by Gasteiger charge is 2.16. The molecule has 0 aromatic heterocycles. The molecule has 2 N–H and O–H groups in total. The van der Waals surface area contributed by atoms with Crippen molar-refractivity contribution in [3.63, 3.8) is 0 Å². The van der Waals surface area contributed by atoms with E-state index in [1.54, 1.807) is 0 Å². The number of piperazine rings is 1. The van der Waals surface area contributed by atoms with Crippen LogP contribution < -0.4 is 10.1 Å². The summed E-state index contributed by atoms with van der Waals surface area (Å²) in [5.41, 5.74) is 0. The van der Waals surface area contributed by atoms with Crippen LogP contribution in [0.25, 0.3) is 0 Å². The Balaban J connectivity index is 1.59. The van der Waals surface area contributed by atoms with Crippen LogP contribution in [0.2, 0.25) is 0 Å². The standard InChI is InChI=1S/C15H23N3O3/c19-11-10-17-6-8-18(9-7-17)13-16-15(20)12-21-14-4-2-1-3-5-14/h1-5,19H,6-13H2,(H,16,20). The van der Waals surface area contributed by atoms with Crippen LogP contribution >= 0.6 is 0 Å². The fourth-order valence-electron chi connectivity index (χ4n) is 2.23. The van der Waals surface area contributed by atoms with Crippen molar-refractivity contribution in [3.8, 4) is 5.75 Å². The van der Waals surface area contributed by atoms with Crippen molar-refractivity contribution in [2.75, 3.05) is 52.6 Å². The van der Waals surface area contributed by atoms with E-state index in [2.05, 4.69) is 15.1 Å². The molecule has 1 aliphatic heterocycles. The third kappa shape index (κ3) is 5.71. The molecule has 0 saturated carbocycles. The molecule has 0 unspecified atom stereocenters. The summed E-state index contributed by atoms with van der Waals surface area (Å²) < 4.78 is 5.39. The lowest BCUT2D eigenvalue weighted by atomic mass is 10.3. The zero-order valence-corrected chi connectivity index (χ0v) is 12.2. The molecule has 2 rings (SSSR count). The predicted octanol–water partition coefficient (Wildman–Crippen LogP) is -0.251. The van der Waals surface area contributed by atoms with Crippen LogP contribution in [-0.4, -0.2) is 73.4 Å². The predicted molar refractivity (Wildman–Crippen MR) is 80.0 cm³/mol. The molecule has 1 aromatic carbocycles. The topological polar surface area (TPSA) is 65.0 Å². The molecule has 1 aromatic rings. The SMILES string of the molecule is O=C(COc1ccccc1)NCN1CCN(CCO)CC1. The minimum absolute atomic E-state index is 0.0362. The summed E-state index contributed by atoms with van der Waals surface area (Å²) in [6, 6.07) is 9.31. The number of β-amino-alcohol motifs (C(OH)–C–C–N with tert-alkyl or cyclic N) is 1. The number of amides is 1. The van der Waals surface area contributed by atoms with Crippen molar-refractivity contribution in [1.82, 2.24) is 15.1 Å². The summed E-state index contributed by atoms with van der Waals surface area (Å²) in [6.07, 6.45) is 0. The maximum absolute atomic E-state index is 11.7. The molecule has 1 amide bonds. The lowest BCUT2D eigenvalue weighted by Gasteiger charge is -2.34. The molecule has 6 heteroatoms. The van der Waals surface area contributed by atoms with Gasteiger partial charge < -0.3 is 15.2 Å². The van der Waals surface area contributed by atoms with E-state index in [9.17, 15) is 4.79 Å². The van der Waals surface area contributed by atoms with Crippen LogP contribution in [0.15, 0.2) is 30.3 Å². The number of aliphatic hydroxyl groups is 1. The fraction of sp³-hybridized carbons (Fsp3) is 0.533. The number of hydrogen-bond acceptors (Lipinski definition) is 5. The van der Waals surface area contributed by atoms with Gasteiger partial charge in [-0.1, -0.05) is 18.2 Å². The average Bonchev–Trinajstić information content (AvgIpc) is 2.53. The van der Waals surface area contributed by atoms with Gasteiger partial charge in [-0.3, -0.25) is 14.6 Å². The highest BCUT2D eigenvalue weighted by Crippen LogP contribution is 2.07. The van der Waals surface area contributed by atoms with Gasteiger partial charge in [0, 0.05) is 32.7 Å². The molecule has 0 spiro atoms. The van der Waals surface area contributed by atoms with Gasteiger partial charge in [0.05, 0.1) is 13.3 Å². The largest absolute Gasteiger partial charge is 0.484 e. The number of rotatable bonds is 7. The Kier molecular flexibility index (Phi) is 6.46. The van der Waals surface area contributed by atoms with Gasteiger partial charge in [0.2, 0.25) is 0 Å². The van der Waals surface area contributed by atoms with E-state index in [0.717, 1.165) is 32.7 Å². The number of ether oxygens (including phenoxy) is 1. The number of hydrogen-bond donors (Lipinski definition) is 2. The lowest BCUT2D eigenvalue weighted by Crippen LogP contribution is -2.50. The van der Waals surface area contributed by atoms with Crippen LogP contribution in [0.1, 0.15) is 0 Å². The minimum Gasteiger partial charge on any atom is -0.484 e. The van der Waals surface area contributed by atoms with Crippen LogP contribution in [0.3, 0.4) is 0 Å². The quantitative estimate of drug-likeness (QED) is 0.726. The molecule has 0 atom stereocenters. The van der Waals surface area contributed by atoms with Gasteiger partial charge >= 0.3 is 0 Å².